The minimum Gasteiger partial charge on any atom is -0.550 e. The van der Waals surface area contributed by atoms with Crippen molar-refractivity contribution < 1.29 is 27.9 Å². The van der Waals surface area contributed by atoms with Crippen LogP contribution in [0.15, 0.2) is 18.2 Å². The largest absolute Gasteiger partial charge is 0.550 e. The smallest absolute Gasteiger partial charge is 0.417 e. The topological polar surface area (TPSA) is 60.4 Å². The molecule has 0 aliphatic carbocycles. The maximum Gasteiger partial charge on any atom is 0.417 e. The van der Waals surface area contributed by atoms with Crippen LogP contribution in [0.5, 0.6) is 0 Å². The van der Waals surface area contributed by atoms with Crippen molar-refractivity contribution in [2.45, 2.75) is 12.6 Å². The first-order valence-corrected chi connectivity index (χ1v) is 5.96. The van der Waals surface area contributed by atoms with Gasteiger partial charge in [0.15, 0.2) is 0 Å². The fourth-order valence-electron chi connectivity index (χ4n) is 2.01. The molecule has 1 aromatic carbocycles. The van der Waals surface area contributed by atoms with Crippen molar-refractivity contribution >= 4 is 29.2 Å². The molecule has 0 saturated carbocycles. The lowest BCUT2D eigenvalue weighted by atomic mass is 10.1. The van der Waals surface area contributed by atoms with Gasteiger partial charge in [-0.05, 0) is 18.2 Å². The van der Waals surface area contributed by atoms with Gasteiger partial charge in [-0.3, -0.25) is 4.79 Å². The number of carboxylic acid groups (broad SMARTS) is 1. The van der Waals surface area contributed by atoms with E-state index in [-0.39, 0.29) is 18.7 Å². The van der Waals surface area contributed by atoms with Gasteiger partial charge in [-0.1, -0.05) is 11.6 Å². The zero-order valence-corrected chi connectivity index (χ0v) is 10.7. The molecular weight excluding hydrogens is 299 g/mol. The predicted molar refractivity (Wildman–Crippen MR) is 61.9 cm³/mol. The van der Waals surface area contributed by atoms with Crippen molar-refractivity contribution in [3.63, 3.8) is 0 Å². The average Bonchev–Trinajstić information content (AvgIpc) is 2.71. The Hall–Kier alpha value is -1.76. The Kier molecular flexibility index (Phi) is 3.64. The van der Waals surface area contributed by atoms with Gasteiger partial charge in [0.2, 0.25) is 5.91 Å². The van der Waals surface area contributed by atoms with Crippen LogP contribution in [0, 0.1) is 5.92 Å². The van der Waals surface area contributed by atoms with Gasteiger partial charge in [0, 0.05) is 30.5 Å². The third-order valence-electron chi connectivity index (χ3n) is 3.03. The predicted octanol–water partition coefficient (Wildman–Crippen LogP) is 1.46. The Morgan fingerprint density at radius 2 is 2.05 bits per heavy atom. The Morgan fingerprint density at radius 1 is 1.40 bits per heavy atom. The summed E-state index contributed by atoms with van der Waals surface area (Å²) in [5.41, 5.74) is -1.10. The Morgan fingerprint density at radius 3 is 2.55 bits per heavy atom. The summed E-state index contributed by atoms with van der Waals surface area (Å²) in [6.45, 7) is -0.208. The molecule has 1 aliphatic heterocycles. The summed E-state index contributed by atoms with van der Waals surface area (Å²) in [4.78, 5) is 23.4. The number of amides is 1. The van der Waals surface area contributed by atoms with E-state index >= 15 is 0 Å². The molecule has 0 aromatic heterocycles. The normalized spacial score (nSPS) is 19.5. The number of hydrogen-bond donors (Lipinski definition) is 0. The molecule has 1 saturated heterocycles. The molecule has 1 aliphatic rings. The number of halogens is 4. The first-order chi connectivity index (χ1) is 9.20. The Bertz CT molecular complexity index is 574. The van der Waals surface area contributed by atoms with Gasteiger partial charge < -0.3 is 14.8 Å². The minimum atomic E-state index is -4.65. The lowest BCUT2D eigenvalue weighted by Crippen LogP contribution is -2.33. The van der Waals surface area contributed by atoms with Crippen LogP contribution in [0.3, 0.4) is 0 Å². The third kappa shape index (κ3) is 2.72. The van der Waals surface area contributed by atoms with Gasteiger partial charge in [-0.25, -0.2) is 0 Å². The van der Waals surface area contributed by atoms with Gasteiger partial charge in [0.25, 0.3) is 0 Å². The molecule has 2 rings (SSSR count). The van der Waals surface area contributed by atoms with E-state index in [1.54, 1.807) is 0 Å². The van der Waals surface area contributed by atoms with E-state index in [0.29, 0.717) is 0 Å². The zero-order valence-electron chi connectivity index (χ0n) is 9.91. The molecule has 108 valence electrons. The highest BCUT2D eigenvalue weighted by Gasteiger charge is 2.36. The summed E-state index contributed by atoms with van der Waals surface area (Å²) in [7, 11) is 0. The quantitative estimate of drug-likeness (QED) is 0.831. The van der Waals surface area contributed by atoms with Crippen LogP contribution in [-0.4, -0.2) is 18.4 Å². The minimum absolute atomic E-state index is 0.0320. The van der Waals surface area contributed by atoms with E-state index in [1.807, 2.05) is 0 Å². The highest BCUT2D eigenvalue weighted by molar-refractivity contribution is 6.31. The van der Waals surface area contributed by atoms with Gasteiger partial charge in [0.05, 0.1) is 10.6 Å². The number of carboxylic acids is 1. The highest BCUT2D eigenvalue weighted by Crippen LogP contribution is 2.37. The van der Waals surface area contributed by atoms with Crippen molar-refractivity contribution in [1.82, 2.24) is 0 Å². The summed E-state index contributed by atoms with van der Waals surface area (Å²) >= 11 is 5.48. The van der Waals surface area contributed by atoms with Crippen LogP contribution in [0.4, 0.5) is 18.9 Å². The molecule has 1 heterocycles. The van der Waals surface area contributed by atoms with Crippen LogP contribution in [0.1, 0.15) is 12.0 Å². The molecule has 1 aromatic rings. The monoisotopic (exact) mass is 306 g/mol. The number of anilines is 1. The van der Waals surface area contributed by atoms with Crippen molar-refractivity contribution in [3.8, 4) is 0 Å². The third-order valence-corrected chi connectivity index (χ3v) is 3.35. The molecule has 1 atom stereocenters. The van der Waals surface area contributed by atoms with E-state index in [1.165, 1.54) is 6.07 Å². The molecular formula is C12H8ClF3NO3-. The second kappa shape index (κ2) is 4.97. The van der Waals surface area contributed by atoms with Crippen LogP contribution in [-0.2, 0) is 15.8 Å². The highest BCUT2D eigenvalue weighted by atomic mass is 35.5. The fourth-order valence-corrected chi connectivity index (χ4v) is 2.24. The zero-order chi connectivity index (χ0) is 15.1. The summed E-state index contributed by atoms with van der Waals surface area (Å²) in [6, 6.07) is 3.00. The van der Waals surface area contributed by atoms with Crippen LogP contribution in [0.25, 0.3) is 0 Å². The van der Waals surface area contributed by atoms with E-state index in [0.717, 1.165) is 17.0 Å². The van der Waals surface area contributed by atoms with Gasteiger partial charge in [-0.2, -0.15) is 13.2 Å². The number of carbonyl (C=O) groups is 2. The molecule has 0 unspecified atom stereocenters. The second-order valence-corrected chi connectivity index (χ2v) is 4.79. The molecule has 8 heteroatoms. The maximum absolute atomic E-state index is 12.7. The summed E-state index contributed by atoms with van der Waals surface area (Å²) in [5, 5.41) is 10.2. The molecule has 1 fully saturated rings. The first kappa shape index (κ1) is 14.6. The molecule has 0 radical (unpaired) electrons. The van der Waals surface area contributed by atoms with E-state index in [2.05, 4.69) is 0 Å². The van der Waals surface area contributed by atoms with Gasteiger partial charge >= 0.3 is 6.18 Å². The lowest BCUT2D eigenvalue weighted by Gasteiger charge is -2.19. The second-order valence-electron chi connectivity index (χ2n) is 4.39. The fraction of sp³-hybridized carbons (Fsp3) is 0.333. The summed E-state index contributed by atoms with van der Waals surface area (Å²) in [6.07, 6.45) is -4.93. The molecule has 0 bridgehead atoms. The SMILES string of the molecule is O=C([O-])[C@@H]1CC(=O)N(c2ccc(Cl)c(C(F)(F)F)c2)C1. The summed E-state index contributed by atoms with van der Waals surface area (Å²) < 4.78 is 38.2. The molecule has 0 spiro atoms. The lowest BCUT2D eigenvalue weighted by molar-refractivity contribution is -0.310. The van der Waals surface area contributed by atoms with Crippen LogP contribution < -0.4 is 10.0 Å². The maximum atomic E-state index is 12.7. The van der Waals surface area contributed by atoms with E-state index in [9.17, 15) is 27.9 Å². The molecule has 20 heavy (non-hydrogen) atoms. The number of benzene rings is 1. The number of rotatable bonds is 2. The average molecular weight is 307 g/mol. The Balaban J connectivity index is 2.35. The van der Waals surface area contributed by atoms with Crippen molar-refractivity contribution in [1.29, 1.82) is 0 Å². The number of aliphatic carboxylic acids is 1. The van der Waals surface area contributed by atoms with Crippen molar-refractivity contribution in [2.75, 3.05) is 11.4 Å². The number of nitrogens with zero attached hydrogens (tertiary/aromatic N) is 1. The van der Waals surface area contributed by atoms with E-state index in [4.69, 9.17) is 11.6 Å². The molecule has 4 nitrogen and oxygen atoms in total. The summed E-state index contributed by atoms with van der Waals surface area (Å²) in [5.74, 6) is -2.98. The van der Waals surface area contributed by atoms with Crippen LogP contribution in [0.2, 0.25) is 5.02 Å². The Labute approximate surface area is 116 Å². The standard InChI is InChI=1S/C12H9ClF3NO3/c13-9-2-1-7(4-8(9)12(14,15)16)17-5-6(11(19)20)3-10(17)18/h1-2,4,6H,3,5H2,(H,19,20)/p-1/t6-/m1/s1. The first-order valence-electron chi connectivity index (χ1n) is 5.58. The van der Waals surface area contributed by atoms with Gasteiger partial charge in [-0.15, -0.1) is 0 Å². The molecule has 1 amide bonds. The number of hydrogen-bond acceptors (Lipinski definition) is 3. The molecule has 0 N–H and O–H groups in total. The van der Waals surface area contributed by atoms with E-state index < -0.39 is 34.6 Å². The van der Waals surface area contributed by atoms with Crippen LogP contribution >= 0.6 is 11.6 Å². The number of carbonyl (C=O) groups excluding carboxylic acids is 2. The van der Waals surface area contributed by atoms with Gasteiger partial charge in [0.1, 0.15) is 0 Å². The number of alkyl halides is 3. The van der Waals surface area contributed by atoms with Crippen molar-refractivity contribution in [2.24, 2.45) is 5.92 Å². The van der Waals surface area contributed by atoms with Crippen molar-refractivity contribution in [3.05, 3.63) is 28.8 Å².